The second-order valence-electron chi connectivity index (χ2n) is 25.3. The predicted octanol–water partition coefficient (Wildman–Crippen LogP) is 15.4. The first-order valence-electron chi connectivity index (χ1n) is 38.6. The van der Waals surface area contributed by atoms with E-state index >= 15 is 0 Å². The zero-order valence-electron chi connectivity index (χ0n) is 71.9. The number of hydrogen-bond acceptors (Lipinski definition) is 34. The summed E-state index contributed by atoms with van der Waals surface area (Å²) in [5.74, 6) is 1.52. The van der Waals surface area contributed by atoms with E-state index in [2.05, 4.69) is 25.3 Å². The van der Waals surface area contributed by atoms with Crippen LogP contribution in [0.3, 0.4) is 0 Å². The number of rotatable bonds is 40. The van der Waals surface area contributed by atoms with Crippen LogP contribution in [0, 0.1) is 40.5 Å². The first-order chi connectivity index (χ1) is 59.6. The van der Waals surface area contributed by atoms with Gasteiger partial charge in [0.1, 0.15) is 12.6 Å². The van der Waals surface area contributed by atoms with Gasteiger partial charge < -0.3 is 108 Å². The fourth-order valence-electron chi connectivity index (χ4n) is 11.9. The normalized spacial score (nSPS) is 10.3. The van der Waals surface area contributed by atoms with E-state index in [-0.39, 0.29) is 117 Å². The number of hydrogen-bond donors (Lipinski definition) is 8. The van der Waals surface area contributed by atoms with Crippen LogP contribution in [0.15, 0.2) is 134 Å². The van der Waals surface area contributed by atoms with Crippen LogP contribution in [-0.4, -0.2) is 194 Å². The van der Waals surface area contributed by atoms with Crippen molar-refractivity contribution in [2.45, 2.75) is 93.9 Å². The number of phenolic OH excluding ortho intramolecular Hbond substituents is 6. The van der Waals surface area contributed by atoms with Gasteiger partial charge in [-0.3, -0.25) is 60.0 Å². The average molecular weight is 1800 g/mol. The minimum Gasteiger partial charge on any atom is -0.504 e. The van der Waals surface area contributed by atoms with Gasteiger partial charge in [0.25, 0.3) is 0 Å². The third-order valence-corrected chi connectivity index (χ3v) is 17.4. The summed E-state index contributed by atoms with van der Waals surface area (Å²) in [5.41, 5.74) is 3.17. The van der Waals surface area contributed by atoms with E-state index in [1.165, 1.54) is 79.2 Å². The lowest BCUT2D eigenvalue weighted by Gasteiger charge is -2.18. The Kier molecular flexibility index (Phi) is 47.2. The Labute approximate surface area is 738 Å². The van der Waals surface area contributed by atoms with Crippen molar-refractivity contribution in [3.63, 3.8) is 0 Å². The van der Waals surface area contributed by atoms with Crippen LogP contribution < -0.4 is 58.0 Å². The molecule has 0 saturated heterocycles. The number of nitrogens with one attached hydrogen (secondary N) is 2. The van der Waals surface area contributed by atoms with Gasteiger partial charge in [-0.05, 0) is 150 Å². The Morgan fingerprint density at radius 1 is 0.349 bits per heavy atom. The number of aldehydes is 2. The Balaban J connectivity index is 0.000000396. The molecule has 2 aromatic heterocycles. The number of nitro groups is 4. The third kappa shape index (κ3) is 30.6. The van der Waals surface area contributed by atoms with E-state index < -0.39 is 42.6 Å². The SMILES string of the molecule is CCOc1ccc2c(Cc3cc(OC)c(O)c([N+](=O)[O-])c3)cncc2c1O.CCOc1ccc2c(Cc3cc(OC)c(OC)c([N+](=O)[O-])c3)cncc2c1O.CCOc1cccc(CNCC(OCC)OCC)c1O.CCOc1cccc(CNCC(OCC)OCC)c1O.COc1cc(C=O)cc([N+](=O)[O-])c1O.COc1cc(C=O)cc([N+](=O)[O-])c1OC.Cl.Cl. The number of para-hydroxylation sites is 2. The number of pyridine rings is 2. The molecule has 0 saturated carbocycles. The van der Waals surface area contributed by atoms with Gasteiger partial charge in [0.05, 0.1) is 88.8 Å². The minimum absolute atomic E-state index is 0. The number of fused-ring (bicyclic) bond motifs is 2. The molecule has 0 amide bonds. The van der Waals surface area contributed by atoms with Crippen LogP contribution in [0.4, 0.5) is 22.7 Å². The number of carbonyl (C=O) groups excluding carboxylic acids is 2. The maximum Gasteiger partial charge on any atom is 0.315 e. The van der Waals surface area contributed by atoms with E-state index in [9.17, 15) is 80.7 Å². The van der Waals surface area contributed by atoms with Gasteiger partial charge in [-0.25, -0.2) is 0 Å². The predicted molar refractivity (Wildman–Crippen MR) is 471 cm³/mol. The average Bonchev–Trinajstić information content (AvgIpc) is 0.779. The number of benzene rings is 8. The number of phenols is 6. The molecule has 126 heavy (non-hydrogen) atoms. The van der Waals surface area contributed by atoms with Gasteiger partial charge in [0.2, 0.25) is 23.0 Å². The van der Waals surface area contributed by atoms with Crippen LogP contribution in [0.2, 0.25) is 0 Å². The highest BCUT2D eigenvalue weighted by molar-refractivity contribution is 5.93. The second-order valence-corrected chi connectivity index (χ2v) is 25.3. The molecule has 0 aliphatic heterocycles. The molecular weight excluding hydrogens is 1700 g/mol. The Bertz CT molecular complexity index is 5100. The number of aromatic nitrogens is 2. The van der Waals surface area contributed by atoms with Gasteiger partial charge in [-0.15, -0.1) is 24.8 Å². The Hall–Kier alpha value is -13.3. The molecule has 684 valence electrons. The van der Waals surface area contributed by atoms with Gasteiger partial charge in [-0.2, -0.15) is 0 Å². The molecule has 8 N–H and O–H groups in total. The first-order valence-corrected chi connectivity index (χ1v) is 38.6. The molecule has 2 heterocycles. The monoisotopic (exact) mass is 1800 g/mol. The fourth-order valence-corrected chi connectivity index (χ4v) is 11.9. The van der Waals surface area contributed by atoms with Crippen LogP contribution in [0.5, 0.6) is 92.0 Å². The maximum absolute atomic E-state index is 11.4. The highest BCUT2D eigenvalue weighted by Gasteiger charge is 2.26. The number of methoxy groups -OCH3 is 6. The first kappa shape index (κ1) is 107. The molecule has 0 fully saturated rings. The molecular formula is C86H106Cl2N8O30. The number of ether oxygens (including phenoxy) is 14. The fraction of sp³-hybridized carbons (Fsp3) is 0.349. The van der Waals surface area contributed by atoms with Crippen molar-refractivity contribution in [2.75, 3.05) is 109 Å². The number of nitro benzene ring substituents is 4. The van der Waals surface area contributed by atoms with Crippen LogP contribution in [0.25, 0.3) is 21.5 Å². The molecule has 10 aromatic rings. The zero-order chi connectivity index (χ0) is 91.5. The van der Waals surface area contributed by atoms with Gasteiger partial charge in [-0.1, -0.05) is 36.4 Å². The Morgan fingerprint density at radius 2 is 0.667 bits per heavy atom. The molecule has 10 rings (SSSR count). The van der Waals surface area contributed by atoms with E-state index in [0.717, 1.165) is 45.2 Å². The van der Waals surface area contributed by atoms with Crippen molar-refractivity contribution in [3.05, 3.63) is 219 Å². The molecule has 0 aliphatic rings. The maximum atomic E-state index is 11.4. The molecule has 0 spiro atoms. The number of nitrogens with zero attached hydrogens (tertiary/aromatic N) is 6. The summed E-state index contributed by atoms with van der Waals surface area (Å²) in [7, 11) is 8.00. The van der Waals surface area contributed by atoms with Crippen molar-refractivity contribution in [3.8, 4) is 92.0 Å². The van der Waals surface area contributed by atoms with E-state index in [1.807, 2.05) is 91.8 Å². The highest BCUT2D eigenvalue weighted by Crippen LogP contribution is 2.44. The second kappa shape index (κ2) is 55.7. The van der Waals surface area contributed by atoms with E-state index in [0.29, 0.717) is 149 Å². The van der Waals surface area contributed by atoms with Gasteiger partial charge in [0, 0.05) is 135 Å². The van der Waals surface area contributed by atoms with Crippen molar-refractivity contribution in [2.24, 2.45) is 0 Å². The lowest BCUT2D eigenvalue weighted by atomic mass is 9.99. The van der Waals surface area contributed by atoms with Crippen LogP contribution >= 0.6 is 24.8 Å². The third-order valence-electron chi connectivity index (χ3n) is 17.4. The van der Waals surface area contributed by atoms with E-state index in [4.69, 9.17) is 61.6 Å². The van der Waals surface area contributed by atoms with Gasteiger partial charge >= 0.3 is 22.7 Å². The molecule has 0 aliphatic carbocycles. The molecule has 0 atom stereocenters. The summed E-state index contributed by atoms with van der Waals surface area (Å²) in [5, 5.41) is 113. The lowest BCUT2D eigenvalue weighted by Crippen LogP contribution is -2.31. The molecule has 8 aromatic carbocycles. The number of halogens is 2. The zero-order valence-corrected chi connectivity index (χ0v) is 73.5. The number of carbonyl (C=O) groups is 2. The van der Waals surface area contributed by atoms with E-state index in [1.54, 1.807) is 48.9 Å². The van der Waals surface area contributed by atoms with Crippen LogP contribution in [0.1, 0.15) is 109 Å². The number of aromatic hydroxyl groups is 6. The van der Waals surface area contributed by atoms with Crippen LogP contribution in [-0.2, 0) is 44.9 Å². The van der Waals surface area contributed by atoms with Crippen molar-refractivity contribution >= 4 is 81.7 Å². The smallest absolute Gasteiger partial charge is 0.315 e. The Morgan fingerprint density at radius 3 is 1.01 bits per heavy atom. The molecule has 40 heteroatoms. The molecule has 0 bridgehead atoms. The summed E-state index contributed by atoms with van der Waals surface area (Å²) in [6.45, 7) is 21.7. The van der Waals surface area contributed by atoms with Gasteiger partial charge in [0.15, 0.2) is 81.6 Å². The summed E-state index contributed by atoms with van der Waals surface area (Å²) in [4.78, 5) is 70.4. The largest absolute Gasteiger partial charge is 0.504 e. The summed E-state index contributed by atoms with van der Waals surface area (Å²) >= 11 is 0. The van der Waals surface area contributed by atoms with Crippen molar-refractivity contribution in [1.29, 1.82) is 0 Å². The summed E-state index contributed by atoms with van der Waals surface area (Å²) in [6.07, 6.45) is 7.49. The standard InChI is InChI=1S/C20H20N2O6.C19H18N2O6.2C15H25NO4.C9H9NO5.C8H7NO5.2ClH/c1-4-28-17-6-5-14-13(10-21-11-15(14)19(17)23)7-12-8-16(22(24)25)20(27-3)18(9-12)26-2;1-3-27-16-5-4-13-12(9-20-10-14(13)18(16)22)6-11-7-15(21(24)25)19(23)17(8-11)26-2;2*1-4-18-13-9-7-8-12(15(13)17)10-16-11-14(19-5-2)20-6-3;1-14-8-4-6(5-11)3-7(10(12)13)9(8)15-2;1-14-7-3-5(4-10)2-6(8(7)11)9(12)13;;/h5-6,8-11,23H,4,7H2,1-3H3;4-5,7-10,22-23H,3,6H2,1-2H3;2*7-9,14,16-17H,4-6,10-11H2,1-3H3;3-5H,1-2H3;2-4,11H,1H3;2*1H. The summed E-state index contributed by atoms with van der Waals surface area (Å²) in [6, 6.07) is 28.7. The molecule has 0 unspecified atom stereocenters. The minimum atomic E-state index is -0.787. The molecule has 0 radical (unpaired) electrons. The summed E-state index contributed by atoms with van der Waals surface area (Å²) < 4.78 is 73.1. The highest BCUT2D eigenvalue weighted by atomic mass is 35.5. The lowest BCUT2D eigenvalue weighted by molar-refractivity contribution is -0.386. The quantitative estimate of drug-likeness (QED) is 0.00765. The molecule has 38 nitrogen and oxygen atoms in total. The topological polar surface area (TPSA) is 507 Å². The van der Waals surface area contributed by atoms with Crippen molar-refractivity contribution in [1.82, 2.24) is 20.6 Å². The van der Waals surface area contributed by atoms with Crippen molar-refractivity contribution < 1.29 is 126 Å².